The Balaban J connectivity index is 1.53. The molecule has 1 atom stereocenters. The molecule has 4 rings (SSSR count). The molecule has 35 heavy (non-hydrogen) atoms. The lowest BCUT2D eigenvalue weighted by molar-refractivity contribution is -0.139. The van der Waals surface area contributed by atoms with Gasteiger partial charge in [0.05, 0.1) is 30.3 Å². The highest BCUT2D eigenvalue weighted by Gasteiger charge is 2.15. The highest BCUT2D eigenvalue weighted by Crippen LogP contribution is 2.25. The van der Waals surface area contributed by atoms with Crippen molar-refractivity contribution in [2.24, 2.45) is 0 Å². The molecular weight excluding hydrogens is 485 g/mol. The standard InChI is InChI=1S/C27H21Cl2N3O3/c1-35-26(33)14-18-4-8-24(21(12-18)16-30)32-11-10-19-15-20(5-9-23(19)32)27(34)31-25(29)13-17-2-6-22(28)7-3-17/h2-12,15,25H,13-14H2,1H3,(H,31,34). The molecule has 0 saturated heterocycles. The summed E-state index contributed by atoms with van der Waals surface area (Å²) in [4.78, 5) is 24.3. The van der Waals surface area contributed by atoms with Crippen LogP contribution in [0.1, 0.15) is 27.0 Å². The van der Waals surface area contributed by atoms with Gasteiger partial charge in [0.25, 0.3) is 5.91 Å². The molecule has 8 heteroatoms. The normalized spacial score (nSPS) is 11.6. The van der Waals surface area contributed by atoms with Gasteiger partial charge in [0.2, 0.25) is 0 Å². The number of esters is 1. The minimum absolute atomic E-state index is 0.0932. The van der Waals surface area contributed by atoms with Gasteiger partial charge in [-0.25, -0.2) is 0 Å². The first-order chi connectivity index (χ1) is 16.9. The predicted octanol–water partition coefficient (Wildman–Crippen LogP) is 5.41. The van der Waals surface area contributed by atoms with Gasteiger partial charge in [0.15, 0.2) is 0 Å². The Morgan fingerprint density at radius 3 is 2.51 bits per heavy atom. The average Bonchev–Trinajstić information content (AvgIpc) is 3.28. The van der Waals surface area contributed by atoms with Crippen LogP contribution in [-0.4, -0.2) is 29.1 Å². The number of amides is 1. The van der Waals surface area contributed by atoms with Crippen molar-refractivity contribution in [3.8, 4) is 11.8 Å². The molecule has 1 amide bonds. The average molecular weight is 506 g/mol. The zero-order valence-corrected chi connectivity index (χ0v) is 20.3. The molecule has 3 aromatic carbocycles. The van der Waals surface area contributed by atoms with Crippen LogP contribution in [0.15, 0.2) is 72.9 Å². The van der Waals surface area contributed by atoms with Gasteiger partial charge in [-0.2, -0.15) is 5.26 Å². The summed E-state index contributed by atoms with van der Waals surface area (Å²) in [5, 5.41) is 14.0. The summed E-state index contributed by atoms with van der Waals surface area (Å²) < 4.78 is 6.58. The number of carbonyl (C=O) groups is 2. The Morgan fingerprint density at radius 1 is 1.06 bits per heavy atom. The van der Waals surface area contributed by atoms with Gasteiger partial charge in [-0.15, -0.1) is 0 Å². The number of carbonyl (C=O) groups excluding carboxylic acids is 2. The van der Waals surface area contributed by atoms with E-state index < -0.39 is 5.50 Å². The third kappa shape index (κ3) is 5.65. The number of alkyl halides is 1. The highest BCUT2D eigenvalue weighted by atomic mass is 35.5. The first kappa shape index (κ1) is 24.3. The number of methoxy groups -OCH3 is 1. The molecule has 4 aromatic rings. The van der Waals surface area contributed by atoms with Crippen LogP contribution in [0.5, 0.6) is 0 Å². The lowest BCUT2D eigenvalue weighted by atomic mass is 10.1. The van der Waals surface area contributed by atoms with Gasteiger partial charge in [-0.05, 0) is 59.7 Å². The van der Waals surface area contributed by atoms with Crippen LogP contribution in [-0.2, 0) is 22.4 Å². The summed E-state index contributed by atoms with van der Waals surface area (Å²) >= 11 is 12.3. The summed E-state index contributed by atoms with van der Waals surface area (Å²) in [7, 11) is 1.33. The zero-order chi connectivity index (χ0) is 24.9. The minimum Gasteiger partial charge on any atom is -0.469 e. The fraction of sp³-hybridized carbons (Fsp3) is 0.148. The molecule has 1 aromatic heterocycles. The third-order valence-electron chi connectivity index (χ3n) is 5.59. The van der Waals surface area contributed by atoms with Gasteiger partial charge in [-0.3, -0.25) is 9.59 Å². The second-order valence-electron chi connectivity index (χ2n) is 7.95. The molecule has 0 radical (unpaired) electrons. The van der Waals surface area contributed by atoms with Gasteiger partial charge in [-0.1, -0.05) is 41.4 Å². The van der Waals surface area contributed by atoms with E-state index in [1.54, 1.807) is 42.5 Å². The Labute approximate surface area is 212 Å². The van der Waals surface area contributed by atoms with E-state index >= 15 is 0 Å². The topological polar surface area (TPSA) is 84.1 Å². The second kappa shape index (κ2) is 10.6. The fourth-order valence-corrected chi connectivity index (χ4v) is 4.23. The van der Waals surface area contributed by atoms with Crippen LogP contribution in [0, 0.1) is 11.3 Å². The van der Waals surface area contributed by atoms with Gasteiger partial charge >= 0.3 is 5.97 Å². The molecule has 0 aliphatic rings. The van der Waals surface area contributed by atoms with Gasteiger partial charge in [0, 0.05) is 28.6 Å². The number of fused-ring (bicyclic) bond motifs is 1. The molecule has 0 saturated carbocycles. The smallest absolute Gasteiger partial charge is 0.309 e. The van der Waals surface area contributed by atoms with Crippen LogP contribution in [0.4, 0.5) is 0 Å². The maximum atomic E-state index is 12.8. The Morgan fingerprint density at radius 2 is 1.80 bits per heavy atom. The van der Waals surface area contributed by atoms with Crippen molar-refractivity contribution in [1.29, 1.82) is 5.26 Å². The van der Waals surface area contributed by atoms with Crippen molar-refractivity contribution in [2.45, 2.75) is 18.3 Å². The van der Waals surface area contributed by atoms with E-state index in [1.165, 1.54) is 7.11 Å². The molecular formula is C27H21Cl2N3O3. The van der Waals surface area contributed by atoms with Crippen LogP contribution in [0.2, 0.25) is 5.02 Å². The van der Waals surface area contributed by atoms with Crippen LogP contribution >= 0.6 is 23.2 Å². The van der Waals surface area contributed by atoms with E-state index in [1.807, 2.05) is 35.0 Å². The van der Waals surface area contributed by atoms with Crippen LogP contribution in [0.25, 0.3) is 16.6 Å². The number of benzene rings is 3. The summed E-state index contributed by atoms with van der Waals surface area (Å²) in [6, 6.07) is 22.0. The van der Waals surface area contributed by atoms with Gasteiger partial charge in [0.1, 0.15) is 11.6 Å². The molecule has 0 spiro atoms. The Kier molecular flexibility index (Phi) is 7.40. The molecule has 1 N–H and O–H groups in total. The fourth-order valence-electron chi connectivity index (χ4n) is 3.83. The number of halogens is 2. The third-order valence-corrected chi connectivity index (χ3v) is 6.10. The molecule has 6 nitrogen and oxygen atoms in total. The predicted molar refractivity (Wildman–Crippen MR) is 136 cm³/mol. The molecule has 0 bridgehead atoms. The SMILES string of the molecule is COC(=O)Cc1ccc(-n2ccc3cc(C(=O)NC(Cl)Cc4ccc(Cl)cc4)ccc32)c(C#N)c1. The first-order valence-corrected chi connectivity index (χ1v) is 11.6. The van der Waals surface area contributed by atoms with Crippen molar-refractivity contribution in [3.63, 3.8) is 0 Å². The summed E-state index contributed by atoms with van der Waals surface area (Å²) in [5.41, 5.74) is 3.50. The molecule has 0 fully saturated rings. The van der Waals surface area contributed by atoms with Crippen molar-refractivity contribution in [2.75, 3.05) is 7.11 Å². The van der Waals surface area contributed by atoms with Crippen LogP contribution in [0.3, 0.4) is 0 Å². The molecule has 1 heterocycles. The highest BCUT2D eigenvalue weighted by molar-refractivity contribution is 6.30. The lowest BCUT2D eigenvalue weighted by Crippen LogP contribution is -2.32. The number of ether oxygens (including phenoxy) is 1. The zero-order valence-electron chi connectivity index (χ0n) is 18.8. The number of hydrogen-bond acceptors (Lipinski definition) is 4. The number of nitrogens with zero attached hydrogens (tertiary/aromatic N) is 2. The van der Waals surface area contributed by atoms with Crippen molar-refractivity contribution in [3.05, 3.63) is 100 Å². The molecule has 0 aliphatic carbocycles. The van der Waals surface area contributed by atoms with E-state index in [0.29, 0.717) is 33.8 Å². The van der Waals surface area contributed by atoms with E-state index in [-0.39, 0.29) is 18.3 Å². The summed E-state index contributed by atoms with van der Waals surface area (Å²) in [6.07, 6.45) is 2.40. The van der Waals surface area contributed by atoms with Crippen molar-refractivity contribution < 1.29 is 14.3 Å². The van der Waals surface area contributed by atoms with E-state index in [0.717, 1.165) is 16.5 Å². The van der Waals surface area contributed by atoms with E-state index in [9.17, 15) is 14.9 Å². The van der Waals surface area contributed by atoms with Gasteiger partial charge < -0.3 is 14.6 Å². The number of rotatable bonds is 7. The number of hydrogen-bond donors (Lipinski definition) is 1. The Bertz CT molecular complexity index is 1440. The number of aromatic nitrogens is 1. The quantitative estimate of drug-likeness (QED) is 0.207. The first-order valence-electron chi connectivity index (χ1n) is 10.8. The second-order valence-corrected chi connectivity index (χ2v) is 8.91. The maximum Gasteiger partial charge on any atom is 0.309 e. The van der Waals surface area contributed by atoms with E-state index in [4.69, 9.17) is 27.9 Å². The monoisotopic (exact) mass is 505 g/mol. The minimum atomic E-state index is -0.578. The van der Waals surface area contributed by atoms with Crippen molar-refractivity contribution in [1.82, 2.24) is 9.88 Å². The molecule has 1 unspecified atom stereocenters. The van der Waals surface area contributed by atoms with Crippen molar-refractivity contribution >= 4 is 46.0 Å². The van der Waals surface area contributed by atoms with E-state index in [2.05, 4.69) is 11.4 Å². The number of nitrogens with one attached hydrogen (secondary N) is 1. The summed E-state index contributed by atoms with van der Waals surface area (Å²) in [6.45, 7) is 0. The summed E-state index contributed by atoms with van der Waals surface area (Å²) in [5.74, 6) is -0.648. The maximum absolute atomic E-state index is 12.8. The van der Waals surface area contributed by atoms with Crippen LogP contribution < -0.4 is 5.32 Å². The Hall–Kier alpha value is -3.79. The number of nitriles is 1. The lowest BCUT2D eigenvalue weighted by Gasteiger charge is -2.13. The molecule has 0 aliphatic heterocycles. The molecule has 176 valence electrons. The largest absolute Gasteiger partial charge is 0.469 e.